The van der Waals surface area contributed by atoms with E-state index in [0.717, 1.165) is 30.1 Å². The van der Waals surface area contributed by atoms with Gasteiger partial charge in [-0.15, -0.1) is 0 Å². The Morgan fingerprint density at radius 2 is 1.76 bits per heavy atom. The Bertz CT molecular complexity index is 840. The van der Waals surface area contributed by atoms with E-state index in [1.165, 1.54) is 48.6 Å². The molecule has 0 saturated carbocycles. The second-order valence-corrected chi connectivity index (χ2v) is 7.88. The lowest BCUT2D eigenvalue weighted by Crippen LogP contribution is -2.42. The van der Waals surface area contributed by atoms with Crippen molar-refractivity contribution >= 4 is 10.9 Å². The largest absolute Gasteiger partial charge is 0.293 e. The molecule has 128 valence electrons. The van der Waals surface area contributed by atoms with Gasteiger partial charge in [-0.25, -0.2) is 0 Å². The fraction of sp³-hybridized carbons (Fsp3) is 0.409. The molecule has 2 unspecified atom stereocenters. The highest BCUT2D eigenvalue weighted by atomic mass is 15.2. The van der Waals surface area contributed by atoms with E-state index in [2.05, 4.69) is 63.6 Å². The summed E-state index contributed by atoms with van der Waals surface area (Å²) in [5, 5.41) is 8.43. The van der Waals surface area contributed by atoms with Gasteiger partial charge in [0, 0.05) is 24.0 Å². The lowest BCUT2D eigenvalue weighted by molar-refractivity contribution is 0.0961. The third kappa shape index (κ3) is 2.98. The Labute approximate surface area is 149 Å². The molecule has 0 amide bonds. The van der Waals surface area contributed by atoms with Gasteiger partial charge in [0.05, 0.1) is 11.7 Å². The van der Waals surface area contributed by atoms with E-state index >= 15 is 0 Å². The first-order chi connectivity index (χ1) is 12.3. The molecule has 3 heteroatoms. The van der Waals surface area contributed by atoms with Crippen LogP contribution in [0.5, 0.6) is 0 Å². The zero-order valence-corrected chi connectivity index (χ0v) is 14.6. The standard InChI is InChI=1S/C22H25N3/c1-2-4-16(5-3-1)15-25-20-7-8-21(25)13-18(12-20)10-17-6-9-22-19(11-17)14-23-24-22/h1-6,9,11,14,18,20-21H,7-8,10,12-13,15H2,(H,23,24). The van der Waals surface area contributed by atoms with E-state index in [9.17, 15) is 0 Å². The first-order valence-corrected chi connectivity index (χ1v) is 9.57. The molecule has 2 atom stereocenters. The van der Waals surface area contributed by atoms with Gasteiger partial charge in [0.1, 0.15) is 0 Å². The number of nitrogens with one attached hydrogen (secondary N) is 1. The van der Waals surface area contributed by atoms with E-state index < -0.39 is 0 Å². The molecule has 2 aromatic carbocycles. The SMILES string of the molecule is c1ccc(CN2C3CCC2CC(Cc2ccc4[nH]ncc4c2)C3)cc1. The first-order valence-electron chi connectivity index (χ1n) is 9.57. The summed E-state index contributed by atoms with van der Waals surface area (Å²) in [5.74, 6) is 0.828. The zero-order chi connectivity index (χ0) is 16.6. The van der Waals surface area contributed by atoms with Crippen LogP contribution in [-0.2, 0) is 13.0 Å². The number of benzene rings is 2. The van der Waals surface area contributed by atoms with E-state index in [0.29, 0.717) is 0 Å². The van der Waals surface area contributed by atoms with Gasteiger partial charge in [0.25, 0.3) is 0 Å². The van der Waals surface area contributed by atoms with Crippen molar-refractivity contribution in [3.63, 3.8) is 0 Å². The van der Waals surface area contributed by atoms with Gasteiger partial charge in [-0.3, -0.25) is 10.00 Å². The molecular weight excluding hydrogens is 306 g/mol. The minimum absolute atomic E-state index is 0.779. The fourth-order valence-corrected chi connectivity index (χ4v) is 5.06. The van der Waals surface area contributed by atoms with Crippen molar-refractivity contribution in [2.75, 3.05) is 0 Å². The topological polar surface area (TPSA) is 31.9 Å². The summed E-state index contributed by atoms with van der Waals surface area (Å²) in [6, 6.07) is 19.3. The van der Waals surface area contributed by atoms with Gasteiger partial charge < -0.3 is 0 Å². The van der Waals surface area contributed by atoms with Gasteiger partial charge in [-0.1, -0.05) is 36.4 Å². The van der Waals surface area contributed by atoms with Gasteiger partial charge in [-0.2, -0.15) is 5.10 Å². The number of fused-ring (bicyclic) bond motifs is 3. The van der Waals surface area contributed by atoms with Gasteiger partial charge in [-0.05, 0) is 61.3 Å². The van der Waals surface area contributed by atoms with E-state index in [4.69, 9.17) is 0 Å². The molecule has 0 radical (unpaired) electrons. The summed E-state index contributed by atoms with van der Waals surface area (Å²) in [6.45, 7) is 1.13. The lowest BCUT2D eigenvalue weighted by Gasteiger charge is -2.39. The monoisotopic (exact) mass is 331 g/mol. The number of hydrogen-bond acceptors (Lipinski definition) is 2. The minimum Gasteiger partial charge on any atom is -0.293 e. The number of rotatable bonds is 4. The van der Waals surface area contributed by atoms with Crippen molar-refractivity contribution in [2.24, 2.45) is 5.92 Å². The van der Waals surface area contributed by atoms with Crippen LogP contribution in [0.2, 0.25) is 0 Å². The highest BCUT2D eigenvalue weighted by Crippen LogP contribution is 2.40. The number of aromatic nitrogens is 2. The molecule has 3 nitrogen and oxygen atoms in total. The van der Waals surface area contributed by atoms with Crippen LogP contribution in [0.1, 0.15) is 36.8 Å². The molecule has 2 saturated heterocycles. The first kappa shape index (κ1) is 15.2. The van der Waals surface area contributed by atoms with Crippen LogP contribution >= 0.6 is 0 Å². The van der Waals surface area contributed by atoms with E-state index in [1.54, 1.807) is 0 Å². The lowest BCUT2D eigenvalue weighted by atomic mass is 9.85. The van der Waals surface area contributed by atoms with Crippen molar-refractivity contribution in [3.8, 4) is 0 Å². The molecule has 2 aliphatic rings. The second kappa shape index (κ2) is 6.30. The number of piperidine rings is 1. The van der Waals surface area contributed by atoms with Crippen LogP contribution in [0, 0.1) is 5.92 Å². The zero-order valence-electron chi connectivity index (χ0n) is 14.6. The molecule has 2 bridgehead atoms. The summed E-state index contributed by atoms with van der Waals surface area (Å²) in [7, 11) is 0. The molecule has 1 N–H and O–H groups in total. The fourth-order valence-electron chi connectivity index (χ4n) is 5.06. The van der Waals surface area contributed by atoms with Crippen molar-refractivity contribution in [1.82, 2.24) is 15.1 Å². The quantitative estimate of drug-likeness (QED) is 0.760. The Hall–Kier alpha value is -2.13. The molecule has 2 aliphatic heterocycles. The summed E-state index contributed by atoms with van der Waals surface area (Å²) in [6.07, 6.45) is 8.63. The normalized spacial score (nSPS) is 26.3. The summed E-state index contributed by atoms with van der Waals surface area (Å²) in [5.41, 5.74) is 4.07. The van der Waals surface area contributed by atoms with Crippen LogP contribution in [0.4, 0.5) is 0 Å². The Morgan fingerprint density at radius 3 is 2.56 bits per heavy atom. The molecular formula is C22H25N3. The average molecular weight is 331 g/mol. The van der Waals surface area contributed by atoms with Crippen LogP contribution in [0.3, 0.4) is 0 Å². The molecule has 3 aromatic rings. The predicted octanol–water partition coefficient (Wildman–Crippen LogP) is 4.55. The van der Waals surface area contributed by atoms with Crippen molar-refractivity contribution in [1.29, 1.82) is 0 Å². The maximum absolute atomic E-state index is 4.14. The summed E-state index contributed by atoms with van der Waals surface area (Å²) in [4.78, 5) is 2.78. The summed E-state index contributed by atoms with van der Waals surface area (Å²) < 4.78 is 0. The third-order valence-electron chi connectivity index (χ3n) is 6.22. The highest BCUT2D eigenvalue weighted by Gasteiger charge is 2.40. The Balaban J connectivity index is 1.27. The molecule has 0 aliphatic carbocycles. The second-order valence-electron chi connectivity index (χ2n) is 7.88. The van der Waals surface area contributed by atoms with E-state index in [1.807, 2.05) is 6.20 Å². The third-order valence-corrected chi connectivity index (χ3v) is 6.22. The smallest absolute Gasteiger partial charge is 0.0650 e. The maximum atomic E-state index is 4.14. The number of nitrogens with zero attached hydrogens (tertiary/aromatic N) is 2. The number of H-pyrrole nitrogens is 1. The van der Waals surface area contributed by atoms with Crippen LogP contribution in [0.25, 0.3) is 10.9 Å². The molecule has 25 heavy (non-hydrogen) atoms. The van der Waals surface area contributed by atoms with Crippen LogP contribution in [0.15, 0.2) is 54.7 Å². The Kier molecular flexibility index (Phi) is 3.82. The molecule has 3 heterocycles. The highest BCUT2D eigenvalue weighted by molar-refractivity contribution is 5.78. The molecule has 5 rings (SSSR count). The van der Waals surface area contributed by atoms with E-state index in [-0.39, 0.29) is 0 Å². The van der Waals surface area contributed by atoms with Crippen LogP contribution in [-0.4, -0.2) is 27.2 Å². The number of hydrogen-bond donors (Lipinski definition) is 1. The van der Waals surface area contributed by atoms with Crippen molar-refractivity contribution in [2.45, 2.75) is 50.7 Å². The molecule has 2 fully saturated rings. The number of aromatic amines is 1. The van der Waals surface area contributed by atoms with Crippen LogP contribution < -0.4 is 0 Å². The maximum Gasteiger partial charge on any atom is 0.0650 e. The van der Waals surface area contributed by atoms with Gasteiger partial charge >= 0.3 is 0 Å². The average Bonchev–Trinajstić information content (AvgIpc) is 3.18. The molecule has 0 spiro atoms. The predicted molar refractivity (Wildman–Crippen MR) is 101 cm³/mol. The van der Waals surface area contributed by atoms with Crippen molar-refractivity contribution in [3.05, 3.63) is 65.9 Å². The summed E-state index contributed by atoms with van der Waals surface area (Å²) >= 11 is 0. The Morgan fingerprint density at radius 1 is 0.960 bits per heavy atom. The van der Waals surface area contributed by atoms with Gasteiger partial charge in [0.2, 0.25) is 0 Å². The van der Waals surface area contributed by atoms with Crippen molar-refractivity contribution < 1.29 is 0 Å². The molecule has 1 aromatic heterocycles. The van der Waals surface area contributed by atoms with Gasteiger partial charge in [0.15, 0.2) is 0 Å². The minimum atomic E-state index is 0.779.